The van der Waals surface area contributed by atoms with Crippen LogP contribution in [0.3, 0.4) is 0 Å². The second-order valence-corrected chi connectivity index (χ2v) is 11.0. The van der Waals surface area contributed by atoms with Crippen LogP contribution in [-0.4, -0.2) is 30.8 Å². The van der Waals surface area contributed by atoms with Crippen molar-refractivity contribution >= 4 is 21.7 Å². The van der Waals surface area contributed by atoms with E-state index in [4.69, 9.17) is 10.5 Å². The third-order valence-electron chi connectivity index (χ3n) is 6.82. The number of ether oxygens (including phenoxy) is 1. The van der Waals surface area contributed by atoms with E-state index in [9.17, 15) is 13.2 Å². The Labute approximate surface area is 212 Å². The maximum absolute atomic E-state index is 13.9. The normalized spacial score (nSPS) is 17.6. The summed E-state index contributed by atoms with van der Waals surface area (Å²) in [5, 5.41) is -0.308. The summed E-state index contributed by atoms with van der Waals surface area (Å²) >= 11 is 0. The zero-order valence-electron chi connectivity index (χ0n) is 21.3. The van der Waals surface area contributed by atoms with Crippen LogP contribution in [0.5, 0.6) is 5.75 Å². The number of aromatic nitrogens is 1. The summed E-state index contributed by atoms with van der Waals surface area (Å²) in [6, 6.07) is 14.1. The number of rotatable bonds is 7. The predicted molar refractivity (Wildman–Crippen MR) is 139 cm³/mol. The largest absolute Gasteiger partial charge is 0.494 e. The van der Waals surface area contributed by atoms with Crippen LogP contribution in [0.4, 0.5) is 5.82 Å². The molecule has 1 amide bonds. The number of carbonyl (C=O) groups excluding carboxylic acids is 1. The van der Waals surface area contributed by atoms with Crippen LogP contribution in [0, 0.1) is 20.8 Å². The molecule has 2 heterocycles. The minimum Gasteiger partial charge on any atom is -0.494 e. The van der Waals surface area contributed by atoms with Crippen LogP contribution in [0.2, 0.25) is 0 Å². The zero-order valence-corrected chi connectivity index (χ0v) is 22.1. The molecule has 0 aliphatic carbocycles. The summed E-state index contributed by atoms with van der Waals surface area (Å²) < 4.78 is 34.3. The number of carbonyl (C=O) groups is 1. The van der Waals surface area contributed by atoms with Crippen molar-refractivity contribution in [2.45, 2.75) is 58.3 Å². The zero-order chi connectivity index (χ0) is 26.3. The molecule has 2 aromatic carbocycles. The Hall–Kier alpha value is -3.43. The lowest BCUT2D eigenvalue weighted by Crippen LogP contribution is -2.52. The summed E-state index contributed by atoms with van der Waals surface area (Å²) in [7, 11) is -4.25. The first kappa shape index (κ1) is 25.7. The van der Waals surface area contributed by atoms with Crippen molar-refractivity contribution < 1.29 is 17.9 Å². The van der Waals surface area contributed by atoms with E-state index >= 15 is 0 Å². The third kappa shape index (κ3) is 4.56. The predicted octanol–water partition coefficient (Wildman–Crippen LogP) is 3.72. The number of nitrogens with two attached hydrogens (primary N) is 1. The maximum atomic E-state index is 13.9. The Bertz CT molecular complexity index is 1410. The van der Waals surface area contributed by atoms with Crippen LogP contribution in [0.1, 0.15) is 47.2 Å². The highest BCUT2D eigenvalue weighted by Gasteiger charge is 2.49. The molecule has 3 aromatic rings. The quantitative estimate of drug-likeness (QED) is 0.500. The molecule has 4 rings (SSSR count). The fraction of sp³-hybridized carbons (Fsp3) is 0.333. The van der Waals surface area contributed by atoms with Crippen LogP contribution in [-0.2, 0) is 33.4 Å². The lowest BCUT2D eigenvalue weighted by molar-refractivity contribution is -0.131. The molecule has 0 unspecified atom stereocenters. The highest BCUT2D eigenvalue weighted by Crippen LogP contribution is 2.44. The molecule has 1 aliphatic rings. The van der Waals surface area contributed by atoms with Crippen LogP contribution in [0.25, 0.3) is 0 Å². The number of fused-ring (bicyclic) bond motifs is 1. The van der Waals surface area contributed by atoms with Gasteiger partial charge in [0.2, 0.25) is 0 Å². The Morgan fingerprint density at radius 3 is 2.44 bits per heavy atom. The third-order valence-corrected chi connectivity index (χ3v) is 8.05. The molecular formula is C27H32N4O4S. The van der Waals surface area contributed by atoms with Gasteiger partial charge in [0.15, 0.2) is 5.03 Å². The van der Waals surface area contributed by atoms with Crippen molar-refractivity contribution in [1.82, 2.24) is 14.6 Å². The van der Waals surface area contributed by atoms with Crippen molar-refractivity contribution in [2.24, 2.45) is 0 Å². The number of sulfonamides is 1. The standard InChI is InChI=1S/C27H32N4O4S/c1-6-35-23-10-7-9-22-21(23)16-31(15-20-18(3)13-17(2)14-19(20)4)27(22,5)26(32)30-36(33,34)25-12-8-11-24(28)29-25/h7-14H,6,15-16H2,1-5H3,(H2,28,29)(H,30,32)/t27-/m1/s1. The van der Waals surface area contributed by atoms with Gasteiger partial charge in [0.25, 0.3) is 15.9 Å². The summed E-state index contributed by atoms with van der Waals surface area (Å²) in [5.74, 6) is 0.0758. The lowest BCUT2D eigenvalue weighted by Gasteiger charge is -2.35. The number of nitrogen functional groups attached to an aromatic ring is 1. The fourth-order valence-electron chi connectivity index (χ4n) is 4.98. The second kappa shape index (κ2) is 9.55. The number of hydrogen-bond donors (Lipinski definition) is 2. The number of pyridine rings is 1. The van der Waals surface area contributed by atoms with Crippen molar-refractivity contribution in [3.8, 4) is 5.75 Å². The van der Waals surface area contributed by atoms with E-state index < -0.39 is 21.5 Å². The van der Waals surface area contributed by atoms with Gasteiger partial charge in [-0.2, -0.15) is 8.42 Å². The molecule has 1 aromatic heterocycles. The van der Waals surface area contributed by atoms with Crippen molar-refractivity contribution in [1.29, 1.82) is 0 Å². The molecule has 0 saturated carbocycles. The molecule has 9 heteroatoms. The van der Waals surface area contributed by atoms with Crippen molar-refractivity contribution in [3.05, 3.63) is 81.9 Å². The second-order valence-electron chi connectivity index (χ2n) is 9.36. The molecular weight excluding hydrogens is 476 g/mol. The Morgan fingerprint density at radius 1 is 1.14 bits per heavy atom. The highest BCUT2D eigenvalue weighted by atomic mass is 32.2. The first-order valence-corrected chi connectivity index (χ1v) is 13.3. The van der Waals surface area contributed by atoms with Gasteiger partial charge in [-0.25, -0.2) is 9.71 Å². The van der Waals surface area contributed by atoms with E-state index in [-0.39, 0.29) is 10.8 Å². The monoisotopic (exact) mass is 508 g/mol. The molecule has 0 fully saturated rings. The molecule has 0 saturated heterocycles. The first-order chi connectivity index (χ1) is 17.0. The number of amides is 1. The number of hydrogen-bond acceptors (Lipinski definition) is 7. The molecule has 0 bridgehead atoms. The summed E-state index contributed by atoms with van der Waals surface area (Å²) in [4.78, 5) is 19.8. The Kier molecular flexibility index (Phi) is 6.81. The van der Waals surface area contributed by atoms with Crippen LogP contribution in [0.15, 0.2) is 53.6 Å². The van der Waals surface area contributed by atoms with Gasteiger partial charge in [-0.15, -0.1) is 0 Å². The first-order valence-electron chi connectivity index (χ1n) is 11.8. The molecule has 1 atom stereocenters. The number of benzene rings is 2. The number of nitrogens with one attached hydrogen (secondary N) is 1. The van der Waals surface area contributed by atoms with Gasteiger partial charge in [-0.1, -0.05) is 35.9 Å². The molecule has 3 N–H and O–H groups in total. The van der Waals surface area contributed by atoms with Gasteiger partial charge in [0, 0.05) is 18.7 Å². The smallest absolute Gasteiger partial charge is 0.281 e. The number of anilines is 1. The van der Waals surface area contributed by atoms with E-state index in [2.05, 4.69) is 42.6 Å². The van der Waals surface area contributed by atoms with Gasteiger partial charge < -0.3 is 10.5 Å². The molecule has 8 nitrogen and oxygen atoms in total. The summed E-state index contributed by atoms with van der Waals surface area (Å²) in [6.07, 6.45) is 0. The highest BCUT2D eigenvalue weighted by molar-refractivity contribution is 7.90. The van der Waals surface area contributed by atoms with Gasteiger partial charge >= 0.3 is 0 Å². The molecule has 0 spiro atoms. The average Bonchev–Trinajstić information content (AvgIpc) is 3.10. The fourth-order valence-corrected chi connectivity index (χ4v) is 6.01. The summed E-state index contributed by atoms with van der Waals surface area (Å²) in [5.41, 5.74) is 10.5. The minimum absolute atomic E-state index is 0.0519. The van der Waals surface area contributed by atoms with Crippen LogP contribution >= 0.6 is 0 Å². The Morgan fingerprint density at radius 2 is 1.81 bits per heavy atom. The van der Waals surface area contributed by atoms with E-state index in [0.717, 1.165) is 22.3 Å². The van der Waals surface area contributed by atoms with Crippen molar-refractivity contribution in [2.75, 3.05) is 12.3 Å². The van der Waals surface area contributed by atoms with E-state index in [1.807, 2.05) is 30.0 Å². The molecule has 190 valence electrons. The van der Waals surface area contributed by atoms with Gasteiger partial charge in [-0.3, -0.25) is 9.69 Å². The lowest BCUT2D eigenvalue weighted by atomic mass is 9.89. The average molecular weight is 509 g/mol. The van der Waals surface area contributed by atoms with E-state index in [1.54, 1.807) is 6.92 Å². The summed E-state index contributed by atoms with van der Waals surface area (Å²) in [6.45, 7) is 11.2. The number of nitrogens with zero attached hydrogens (tertiary/aromatic N) is 2. The Balaban J connectivity index is 1.79. The van der Waals surface area contributed by atoms with Gasteiger partial charge in [0.1, 0.15) is 17.1 Å². The van der Waals surface area contributed by atoms with Crippen molar-refractivity contribution in [3.63, 3.8) is 0 Å². The van der Waals surface area contributed by atoms with E-state index in [1.165, 1.54) is 23.8 Å². The van der Waals surface area contributed by atoms with E-state index in [0.29, 0.717) is 31.0 Å². The van der Waals surface area contributed by atoms with Gasteiger partial charge in [-0.05, 0) is 75.1 Å². The van der Waals surface area contributed by atoms with Gasteiger partial charge in [0.05, 0.1) is 6.61 Å². The molecule has 36 heavy (non-hydrogen) atoms. The topological polar surface area (TPSA) is 115 Å². The minimum atomic E-state index is -4.25. The van der Waals surface area contributed by atoms with Crippen LogP contribution < -0.4 is 15.2 Å². The molecule has 0 radical (unpaired) electrons. The number of aryl methyl sites for hydroxylation is 3. The molecule has 1 aliphatic heterocycles. The SMILES string of the molecule is CCOc1cccc2c1CN(Cc1c(C)cc(C)cc1C)[C@@]2(C)C(=O)NS(=O)(=O)c1cccc(N)n1. The maximum Gasteiger partial charge on any atom is 0.281 e.